The lowest BCUT2D eigenvalue weighted by atomic mass is 10.1. The van der Waals surface area contributed by atoms with E-state index in [0.717, 1.165) is 23.5 Å². The number of aryl methyl sites for hydroxylation is 1. The molecule has 3 N–H and O–H groups in total. The number of benzene rings is 2. The Labute approximate surface area is 119 Å². The van der Waals surface area contributed by atoms with Gasteiger partial charge in [0.2, 0.25) is 0 Å². The van der Waals surface area contributed by atoms with Crippen molar-refractivity contribution in [3.63, 3.8) is 0 Å². The maximum atomic E-state index is 8.93. The largest absolute Gasteiger partial charge is 0.409 e. The highest BCUT2D eigenvalue weighted by Gasteiger charge is 2.14. The maximum Gasteiger partial charge on any atom is 0.172 e. The molecule has 20 heavy (non-hydrogen) atoms. The SMILES string of the molecule is CCN(c1cccc(C)c1)c1ccccc1/C(N)=N/O. The maximum absolute atomic E-state index is 8.93. The Kier molecular flexibility index (Phi) is 4.25. The monoisotopic (exact) mass is 269 g/mol. The molecule has 4 heteroatoms. The number of oxime groups is 1. The molecule has 0 aliphatic carbocycles. The van der Waals surface area contributed by atoms with Crippen LogP contribution in [0, 0.1) is 6.92 Å². The standard InChI is InChI=1S/C16H19N3O/c1-3-19(13-8-6-7-12(2)11-13)15-10-5-4-9-14(15)16(17)18-20/h4-11,20H,3H2,1-2H3,(H2,17,18). The second-order valence-corrected chi connectivity index (χ2v) is 4.59. The summed E-state index contributed by atoms with van der Waals surface area (Å²) in [6, 6.07) is 15.9. The van der Waals surface area contributed by atoms with Gasteiger partial charge in [-0.25, -0.2) is 0 Å². The van der Waals surface area contributed by atoms with Crippen molar-refractivity contribution < 1.29 is 5.21 Å². The highest BCUT2D eigenvalue weighted by atomic mass is 16.4. The molecule has 0 radical (unpaired) electrons. The van der Waals surface area contributed by atoms with Crippen molar-refractivity contribution in [3.8, 4) is 0 Å². The molecule has 104 valence electrons. The summed E-state index contributed by atoms with van der Waals surface area (Å²) in [7, 11) is 0. The lowest BCUT2D eigenvalue weighted by Crippen LogP contribution is -2.22. The second kappa shape index (κ2) is 6.10. The van der Waals surface area contributed by atoms with E-state index in [1.807, 2.05) is 30.3 Å². The fraction of sp³-hybridized carbons (Fsp3) is 0.188. The Morgan fingerprint density at radius 3 is 2.60 bits per heavy atom. The van der Waals surface area contributed by atoms with Gasteiger partial charge >= 0.3 is 0 Å². The van der Waals surface area contributed by atoms with E-state index in [1.165, 1.54) is 5.56 Å². The number of rotatable bonds is 4. The molecule has 0 aliphatic heterocycles. The van der Waals surface area contributed by atoms with Crippen LogP contribution in [0.25, 0.3) is 0 Å². The van der Waals surface area contributed by atoms with Gasteiger partial charge in [0.1, 0.15) is 0 Å². The molecule has 0 aliphatic rings. The van der Waals surface area contributed by atoms with Gasteiger partial charge in [0, 0.05) is 17.8 Å². The third-order valence-electron chi connectivity index (χ3n) is 3.21. The summed E-state index contributed by atoms with van der Waals surface area (Å²) in [6.45, 7) is 4.93. The zero-order valence-corrected chi connectivity index (χ0v) is 11.7. The molecule has 0 spiro atoms. The van der Waals surface area contributed by atoms with E-state index in [2.05, 4.69) is 42.1 Å². The smallest absolute Gasteiger partial charge is 0.172 e. The summed E-state index contributed by atoms with van der Waals surface area (Å²) in [6.07, 6.45) is 0. The number of nitrogens with two attached hydrogens (primary N) is 1. The van der Waals surface area contributed by atoms with Crippen LogP contribution < -0.4 is 10.6 Å². The second-order valence-electron chi connectivity index (χ2n) is 4.59. The van der Waals surface area contributed by atoms with E-state index in [4.69, 9.17) is 10.9 Å². The van der Waals surface area contributed by atoms with E-state index < -0.39 is 0 Å². The van der Waals surface area contributed by atoms with Crippen molar-refractivity contribution in [1.29, 1.82) is 0 Å². The van der Waals surface area contributed by atoms with E-state index in [9.17, 15) is 0 Å². The molecular formula is C16H19N3O. The molecule has 0 heterocycles. The Morgan fingerprint density at radius 2 is 1.95 bits per heavy atom. The minimum atomic E-state index is 0.117. The molecular weight excluding hydrogens is 250 g/mol. The van der Waals surface area contributed by atoms with Gasteiger partial charge in [-0.3, -0.25) is 0 Å². The highest BCUT2D eigenvalue weighted by Crippen LogP contribution is 2.28. The molecule has 0 bridgehead atoms. The van der Waals surface area contributed by atoms with Gasteiger partial charge < -0.3 is 15.8 Å². The van der Waals surface area contributed by atoms with Crippen LogP contribution in [0.3, 0.4) is 0 Å². The Hall–Kier alpha value is -2.49. The van der Waals surface area contributed by atoms with Crippen LogP contribution in [0.4, 0.5) is 11.4 Å². The lowest BCUT2D eigenvalue weighted by Gasteiger charge is -2.25. The van der Waals surface area contributed by atoms with Crippen molar-refractivity contribution in [3.05, 3.63) is 59.7 Å². The lowest BCUT2D eigenvalue weighted by molar-refractivity contribution is 0.318. The molecule has 0 saturated heterocycles. The van der Waals surface area contributed by atoms with Gasteiger partial charge in [-0.1, -0.05) is 29.4 Å². The average Bonchev–Trinajstić information content (AvgIpc) is 2.48. The van der Waals surface area contributed by atoms with Crippen molar-refractivity contribution in [2.24, 2.45) is 10.9 Å². The van der Waals surface area contributed by atoms with Crippen LogP contribution in [0.5, 0.6) is 0 Å². The predicted octanol–water partition coefficient (Wildman–Crippen LogP) is 3.25. The summed E-state index contributed by atoms with van der Waals surface area (Å²) in [5, 5.41) is 12.0. The van der Waals surface area contributed by atoms with E-state index >= 15 is 0 Å². The quantitative estimate of drug-likeness (QED) is 0.387. The van der Waals surface area contributed by atoms with Gasteiger partial charge in [0.15, 0.2) is 5.84 Å². The Bertz CT molecular complexity index is 623. The minimum Gasteiger partial charge on any atom is -0.409 e. The summed E-state index contributed by atoms with van der Waals surface area (Å²) in [5.41, 5.74) is 9.70. The van der Waals surface area contributed by atoms with Crippen LogP contribution >= 0.6 is 0 Å². The van der Waals surface area contributed by atoms with Gasteiger partial charge in [-0.2, -0.15) is 0 Å². The first-order valence-electron chi connectivity index (χ1n) is 6.58. The van der Waals surface area contributed by atoms with Crippen LogP contribution in [0.15, 0.2) is 53.7 Å². The topological polar surface area (TPSA) is 61.8 Å². The number of nitrogens with zero attached hydrogens (tertiary/aromatic N) is 2. The van der Waals surface area contributed by atoms with Gasteiger partial charge in [0.25, 0.3) is 0 Å². The first-order valence-corrected chi connectivity index (χ1v) is 6.58. The van der Waals surface area contributed by atoms with Crippen LogP contribution in [0.1, 0.15) is 18.1 Å². The predicted molar refractivity (Wildman–Crippen MR) is 82.8 cm³/mol. The van der Waals surface area contributed by atoms with E-state index in [0.29, 0.717) is 0 Å². The Morgan fingerprint density at radius 1 is 1.20 bits per heavy atom. The number of hydrogen-bond acceptors (Lipinski definition) is 3. The molecule has 4 nitrogen and oxygen atoms in total. The zero-order valence-electron chi connectivity index (χ0n) is 11.7. The zero-order chi connectivity index (χ0) is 14.5. The van der Waals surface area contributed by atoms with Gasteiger partial charge in [-0.05, 0) is 43.7 Å². The molecule has 0 aromatic heterocycles. The third-order valence-corrected chi connectivity index (χ3v) is 3.21. The number of anilines is 2. The third kappa shape index (κ3) is 2.74. The summed E-state index contributed by atoms with van der Waals surface area (Å²) in [4.78, 5) is 2.14. The summed E-state index contributed by atoms with van der Waals surface area (Å²) >= 11 is 0. The molecule has 2 aromatic rings. The number of hydrogen-bond donors (Lipinski definition) is 2. The minimum absolute atomic E-state index is 0.117. The molecule has 0 atom stereocenters. The van der Waals surface area contributed by atoms with Crippen LogP contribution in [0.2, 0.25) is 0 Å². The first kappa shape index (κ1) is 13.9. The van der Waals surface area contributed by atoms with Crippen molar-refractivity contribution in [1.82, 2.24) is 0 Å². The van der Waals surface area contributed by atoms with E-state index in [1.54, 1.807) is 0 Å². The Balaban J connectivity index is 2.53. The van der Waals surface area contributed by atoms with Crippen molar-refractivity contribution in [2.75, 3.05) is 11.4 Å². The molecule has 0 unspecified atom stereocenters. The van der Waals surface area contributed by atoms with Crippen LogP contribution in [-0.2, 0) is 0 Å². The van der Waals surface area contributed by atoms with Gasteiger partial charge in [-0.15, -0.1) is 0 Å². The molecule has 0 fully saturated rings. The average molecular weight is 269 g/mol. The van der Waals surface area contributed by atoms with Gasteiger partial charge in [0.05, 0.1) is 5.69 Å². The summed E-state index contributed by atoms with van der Waals surface area (Å²) < 4.78 is 0. The van der Waals surface area contributed by atoms with Crippen LogP contribution in [-0.4, -0.2) is 17.6 Å². The first-order chi connectivity index (χ1) is 9.67. The fourth-order valence-electron chi connectivity index (χ4n) is 2.27. The molecule has 2 rings (SSSR count). The van der Waals surface area contributed by atoms with E-state index in [-0.39, 0.29) is 5.84 Å². The molecule has 0 amide bonds. The highest BCUT2D eigenvalue weighted by molar-refractivity contribution is 6.02. The normalized spacial score (nSPS) is 11.4. The van der Waals surface area contributed by atoms with Crippen molar-refractivity contribution >= 4 is 17.2 Å². The fourth-order valence-corrected chi connectivity index (χ4v) is 2.27. The number of amidine groups is 1. The number of para-hydroxylation sites is 1. The van der Waals surface area contributed by atoms with Crippen molar-refractivity contribution in [2.45, 2.75) is 13.8 Å². The summed E-state index contributed by atoms with van der Waals surface area (Å²) in [5.74, 6) is 0.117. The molecule has 2 aromatic carbocycles. The molecule has 0 saturated carbocycles.